The third-order valence-electron chi connectivity index (χ3n) is 4.53. The number of benzene rings is 1. The molecule has 4 rings (SSSR count). The Morgan fingerprint density at radius 1 is 1.21 bits per heavy atom. The highest BCUT2D eigenvalue weighted by Crippen LogP contribution is 2.32. The van der Waals surface area contributed by atoms with Gasteiger partial charge in [0.2, 0.25) is 12.7 Å². The number of aromatic nitrogens is 4. The summed E-state index contributed by atoms with van der Waals surface area (Å²) in [5.41, 5.74) is 1.90. The van der Waals surface area contributed by atoms with Crippen molar-refractivity contribution in [2.24, 2.45) is 0 Å². The van der Waals surface area contributed by atoms with E-state index >= 15 is 0 Å². The second-order valence-electron chi connectivity index (χ2n) is 6.45. The molecule has 1 N–H and O–H groups in total. The van der Waals surface area contributed by atoms with Gasteiger partial charge < -0.3 is 19.4 Å². The molecule has 29 heavy (non-hydrogen) atoms. The number of hydrogen-bond donors (Lipinski definition) is 1. The Bertz CT molecular complexity index is 1010. The molecule has 1 atom stereocenters. The first-order valence-corrected chi connectivity index (χ1v) is 10.2. The third kappa shape index (κ3) is 4.19. The number of ether oxygens (including phenoxy) is 2. The van der Waals surface area contributed by atoms with Crippen LogP contribution >= 0.6 is 11.8 Å². The van der Waals surface area contributed by atoms with Crippen LogP contribution in [0, 0.1) is 0 Å². The maximum absolute atomic E-state index is 12.6. The SMILES string of the molecule is CCn1c(S[C@H](C)C(=O)NCc2ccc3c(c2)OCO3)nnc1-c1ccncc1. The van der Waals surface area contributed by atoms with Crippen LogP contribution in [0.2, 0.25) is 0 Å². The van der Waals surface area contributed by atoms with Gasteiger partial charge in [-0.2, -0.15) is 0 Å². The predicted octanol–water partition coefficient (Wildman–Crippen LogP) is 2.89. The number of fused-ring (bicyclic) bond motifs is 1. The normalized spacial score (nSPS) is 13.3. The number of nitrogens with zero attached hydrogens (tertiary/aromatic N) is 4. The summed E-state index contributed by atoms with van der Waals surface area (Å²) in [6.45, 7) is 5.25. The van der Waals surface area contributed by atoms with Gasteiger partial charge in [-0.15, -0.1) is 10.2 Å². The van der Waals surface area contributed by atoms with Crippen molar-refractivity contribution in [3.8, 4) is 22.9 Å². The van der Waals surface area contributed by atoms with Gasteiger partial charge in [-0.1, -0.05) is 17.8 Å². The van der Waals surface area contributed by atoms with Crippen LogP contribution in [0.25, 0.3) is 11.4 Å². The third-order valence-corrected chi connectivity index (χ3v) is 5.61. The lowest BCUT2D eigenvalue weighted by Crippen LogP contribution is -2.30. The first-order valence-electron chi connectivity index (χ1n) is 9.32. The lowest BCUT2D eigenvalue weighted by Gasteiger charge is -2.13. The Hall–Kier alpha value is -3.07. The van der Waals surface area contributed by atoms with Crippen LogP contribution in [0.15, 0.2) is 47.9 Å². The number of rotatable bonds is 7. The molecule has 0 bridgehead atoms. The molecule has 3 heterocycles. The van der Waals surface area contributed by atoms with Crippen LogP contribution in [0.1, 0.15) is 19.4 Å². The molecule has 1 aromatic carbocycles. The minimum absolute atomic E-state index is 0.0659. The van der Waals surface area contributed by atoms with Crippen LogP contribution in [-0.2, 0) is 17.9 Å². The summed E-state index contributed by atoms with van der Waals surface area (Å²) in [6.07, 6.45) is 3.45. The number of thioether (sulfide) groups is 1. The predicted molar refractivity (Wildman–Crippen MR) is 109 cm³/mol. The van der Waals surface area contributed by atoms with Gasteiger partial charge in [-0.3, -0.25) is 9.78 Å². The quantitative estimate of drug-likeness (QED) is 0.598. The largest absolute Gasteiger partial charge is 0.454 e. The molecule has 1 amide bonds. The van der Waals surface area contributed by atoms with Crippen molar-refractivity contribution in [3.05, 3.63) is 48.3 Å². The van der Waals surface area contributed by atoms with Crippen molar-refractivity contribution >= 4 is 17.7 Å². The summed E-state index contributed by atoms with van der Waals surface area (Å²) < 4.78 is 12.7. The Kier molecular flexibility index (Phi) is 5.66. The second kappa shape index (κ2) is 8.52. The maximum atomic E-state index is 12.6. The van der Waals surface area contributed by atoms with Crippen LogP contribution in [0.4, 0.5) is 0 Å². The van der Waals surface area contributed by atoms with E-state index in [-0.39, 0.29) is 18.0 Å². The fourth-order valence-electron chi connectivity index (χ4n) is 2.97. The molecule has 3 aromatic rings. The maximum Gasteiger partial charge on any atom is 0.233 e. The minimum Gasteiger partial charge on any atom is -0.454 e. The van der Waals surface area contributed by atoms with Crippen molar-refractivity contribution in [2.45, 2.75) is 37.3 Å². The highest BCUT2D eigenvalue weighted by Gasteiger charge is 2.20. The molecule has 0 unspecified atom stereocenters. The average Bonchev–Trinajstić information content (AvgIpc) is 3.38. The number of carbonyl (C=O) groups excluding carboxylic acids is 1. The number of carbonyl (C=O) groups is 1. The van der Waals surface area contributed by atoms with Crippen LogP contribution in [0.5, 0.6) is 11.5 Å². The molecule has 0 fully saturated rings. The van der Waals surface area contributed by atoms with Gasteiger partial charge >= 0.3 is 0 Å². The molecule has 2 aromatic heterocycles. The molecule has 0 spiro atoms. The van der Waals surface area contributed by atoms with E-state index in [1.165, 1.54) is 11.8 Å². The van der Waals surface area contributed by atoms with Crippen molar-refractivity contribution in [3.63, 3.8) is 0 Å². The molecule has 0 radical (unpaired) electrons. The van der Waals surface area contributed by atoms with E-state index < -0.39 is 0 Å². The molecule has 150 valence electrons. The van der Waals surface area contributed by atoms with Crippen molar-refractivity contribution in [2.75, 3.05) is 6.79 Å². The van der Waals surface area contributed by atoms with Crippen molar-refractivity contribution < 1.29 is 14.3 Å². The monoisotopic (exact) mass is 411 g/mol. The molecule has 0 saturated carbocycles. The van der Waals surface area contributed by atoms with Gasteiger partial charge in [0, 0.05) is 31.0 Å². The van der Waals surface area contributed by atoms with E-state index in [4.69, 9.17) is 9.47 Å². The molecule has 0 saturated heterocycles. The van der Waals surface area contributed by atoms with E-state index in [1.807, 2.05) is 48.7 Å². The molecule has 8 nitrogen and oxygen atoms in total. The molecule has 1 aliphatic heterocycles. The summed E-state index contributed by atoms with van der Waals surface area (Å²) >= 11 is 1.39. The standard InChI is InChI=1S/C20H21N5O3S/c1-3-25-18(15-6-8-21-9-7-15)23-24-20(25)29-13(2)19(26)22-11-14-4-5-16-17(10-14)28-12-27-16/h4-10,13H,3,11-12H2,1-2H3,(H,22,26)/t13-/m1/s1. The molecule has 0 aliphatic carbocycles. The van der Waals surface area contributed by atoms with E-state index in [0.717, 1.165) is 22.7 Å². The van der Waals surface area contributed by atoms with E-state index in [1.54, 1.807) is 12.4 Å². The van der Waals surface area contributed by atoms with Crippen LogP contribution in [-0.4, -0.2) is 37.7 Å². The molecular formula is C20H21N5O3S. The molecular weight excluding hydrogens is 390 g/mol. The fourth-order valence-corrected chi connectivity index (χ4v) is 3.91. The van der Waals surface area contributed by atoms with Crippen LogP contribution < -0.4 is 14.8 Å². The smallest absolute Gasteiger partial charge is 0.233 e. The number of hydrogen-bond acceptors (Lipinski definition) is 7. The van der Waals surface area contributed by atoms with Crippen molar-refractivity contribution in [1.82, 2.24) is 25.1 Å². The van der Waals surface area contributed by atoms with Gasteiger partial charge in [-0.05, 0) is 43.7 Å². The van der Waals surface area contributed by atoms with Gasteiger partial charge in [0.1, 0.15) is 0 Å². The Balaban J connectivity index is 1.39. The van der Waals surface area contributed by atoms with E-state index in [0.29, 0.717) is 24.0 Å². The number of pyridine rings is 1. The Morgan fingerprint density at radius 3 is 2.79 bits per heavy atom. The lowest BCUT2D eigenvalue weighted by atomic mass is 10.2. The molecule has 1 aliphatic rings. The first-order chi connectivity index (χ1) is 14.2. The van der Waals surface area contributed by atoms with Gasteiger partial charge in [0.15, 0.2) is 22.5 Å². The second-order valence-corrected chi connectivity index (χ2v) is 7.76. The lowest BCUT2D eigenvalue weighted by molar-refractivity contribution is -0.120. The van der Waals surface area contributed by atoms with Crippen molar-refractivity contribution in [1.29, 1.82) is 0 Å². The number of nitrogens with one attached hydrogen (secondary N) is 1. The zero-order valence-electron chi connectivity index (χ0n) is 16.2. The average molecular weight is 411 g/mol. The van der Waals surface area contributed by atoms with E-state index in [9.17, 15) is 4.79 Å². The highest BCUT2D eigenvalue weighted by atomic mass is 32.2. The molecule has 9 heteroatoms. The van der Waals surface area contributed by atoms with Gasteiger partial charge in [0.05, 0.1) is 5.25 Å². The fraction of sp³-hybridized carbons (Fsp3) is 0.300. The topological polar surface area (TPSA) is 91.2 Å². The summed E-state index contributed by atoms with van der Waals surface area (Å²) in [5.74, 6) is 2.14. The van der Waals surface area contributed by atoms with E-state index in [2.05, 4.69) is 20.5 Å². The van der Waals surface area contributed by atoms with Crippen LogP contribution in [0.3, 0.4) is 0 Å². The minimum atomic E-state index is -0.316. The zero-order chi connectivity index (χ0) is 20.2. The first kappa shape index (κ1) is 19.3. The summed E-state index contributed by atoms with van der Waals surface area (Å²) in [5, 5.41) is 12.0. The van der Waals surface area contributed by atoms with Gasteiger partial charge in [0.25, 0.3) is 0 Å². The number of amides is 1. The Labute approximate surface area is 172 Å². The Morgan fingerprint density at radius 2 is 2.00 bits per heavy atom. The van der Waals surface area contributed by atoms with Gasteiger partial charge in [-0.25, -0.2) is 0 Å². The summed E-state index contributed by atoms with van der Waals surface area (Å²) in [4.78, 5) is 16.6. The summed E-state index contributed by atoms with van der Waals surface area (Å²) in [6, 6.07) is 9.44. The summed E-state index contributed by atoms with van der Waals surface area (Å²) in [7, 11) is 0. The highest BCUT2D eigenvalue weighted by molar-refractivity contribution is 8.00. The zero-order valence-corrected chi connectivity index (χ0v) is 17.0.